The second-order valence-electron chi connectivity index (χ2n) is 4.60. The van der Waals surface area contributed by atoms with Gasteiger partial charge in [0.25, 0.3) is 0 Å². The minimum absolute atomic E-state index is 0.143. The van der Waals surface area contributed by atoms with Crippen molar-refractivity contribution in [3.63, 3.8) is 0 Å². The molecule has 5 heteroatoms. The lowest BCUT2D eigenvalue weighted by Gasteiger charge is -2.25. The molecule has 0 bridgehead atoms. The van der Waals surface area contributed by atoms with Gasteiger partial charge in [-0.15, -0.1) is 11.3 Å². The minimum atomic E-state index is 0.143. The molecule has 0 radical (unpaired) electrons. The van der Waals surface area contributed by atoms with Gasteiger partial charge in [-0.2, -0.15) is 0 Å². The lowest BCUT2D eigenvalue weighted by molar-refractivity contribution is 0.318. The fraction of sp³-hybridized carbons (Fsp3) is 0.267. The number of nitrogens with zero attached hydrogens (tertiary/aromatic N) is 2. The number of aryl methyl sites for hydroxylation is 1. The third-order valence-corrected chi connectivity index (χ3v) is 4.05. The molecule has 0 aliphatic heterocycles. The molecule has 2 rings (SSSR count). The lowest BCUT2D eigenvalue weighted by atomic mass is 10.1. The average molecular weight is 289 g/mol. The van der Waals surface area contributed by atoms with Crippen LogP contribution in [-0.4, -0.2) is 17.6 Å². The summed E-state index contributed by atoms with van der Waals surface area (Å²) in [5.74, 6) is 0.143. The van der Waals surface area contributed by atoms with E-state index in [2.05, 4.69) is 40.6 Å². The van der Waals surface area contributed by atoms with E-state index in [4.69, 9.17) is 10.9 Å². The van der Waals surface area contributed by atoms with Gasteiger partial charge in [0.1, 0.15) is 0 Å². The van der Waals surface area contributed by atoms with Crippen LogP contribution in [-0.2, 0) is 6.54 Å². The van der Waals surface area contributed by atoms with Gasteiger partial charge in [-0.3, -0.25) is 0 Å². The van der Waals surface area contributed by atoms with Crippen molar-refractivity contribution in [2.45, 2.75) is 20.4 Å². The molecule has 0 aliphatic rings. The predicted octanol–water partition coefficient (Wildman–Crippen LogP) is 3.18. The molecule has 1 heterocycles. The van der Waals surface area contributed by atoms with Crippen LogP contribution in [0.15, 0.2) is 40.9 Å². The summed E-state index contributed by atoms with van der Waals surface area (Å²) in [7, 11) is 0. The van der Waals surface area contributed by atoms with Crippen LogP contribution >= 0.6 is 11.3 Å². The Labute approximate surface area is 123 Å². The predicted molar refractivity (Wildman–Crippen MR) is 84.7 cm³/mol. The highest BCUT2D eigenvalue weighted by atomic mass is 32.1. The Hall–Kier alpha value is -2.01. The highest BCUT2D eigenvalue weighted by Crippen LogP contribution is 2.25. The molecule has 4 nitrogen and oxygen atoms in total. The number of hydrogen-bond acceptors (Lipinski definition) is 4. The molecule has 20 heavy (non-hydrogen) atoms. The molecule has 0 saturated heterocycles. The highest BCUT2D eigenvalue weighted by molar-refractivity contribution is 7.09. The summed E-state index contributed by atoms with van der Waals surface area (Å²) in [5.41, 5.74) is 8.70. The van der Waals surface area contributed by atoms with E-state index < -0.39 is 0 Å². The second-order valence-corrected chi connectivity index (χ2v) is 5.63. The first kappa shape index (κ1) is 14.4. The van der Waals surface area contributed by atoms with Crippen LogP contribution in [0.5, 0.6) is 0 Å². The summed E-state index contributed by atoms with van der Waals surface area (Å²) in [4.78, 5) is 3.52. The van der Waals surface area contributed by atoms with Gasteiger partial charge in [-0.05, 0) is 43.0 Å². The Morgan fingerprint density at radius 1 is 1.40 bits per heavy atom. The maximum atomic E-state index is 8.94. The molecular formula is C15H19N3OS. The Morgan fingerprint density at radius 2 is 2.20 bits per heavy atom. The van der Waals surface area contributed by atoms with Crippen molar-refractivity contribution < 1.29 is 5.21 Å². The molecule has 1 aromatic carbocycles. The average Bonchev–Trinajstić information content (AvgIpc) is 2.97. The first-order valence-electron chi connectivity index (χ1n) is 6.51. The van der Waals surface area contributed by atoms with Crippen molar-refractivity contribution in [2.24, 2.45) is 10.9 Å². The standard InChI is InChI=1S/C15H19N3OS/c1-3-18(10-12-5-4-8-20-12)14-9-11(2)6-7-13(14)15(16)17-19/h4-9,19H,3,10H2,1-2H3,(H2,16,17). The Balaban J connectivity index is 2.39. The zero-order valence-electron chi connectivity index (χ0n) is 11.7. The van der Waals surface area contributed by atoms with E-state index in [0.29, 0.717) is 0 Å². The highest BCUT2D eigenvalue weighted by Gasteiger charge is 2.14. The van der Waals surface area contributed by atoms with Crippen LogP contribution in [0.2, 0.25) is 0 Å². The van der Waals surface area contributed by atoms with Gasteiger partial charge < -0.3 is 15.8 Å². The summed E-state index contributed by atoms with van der Waals surface area (Å²) in [6.07, 6.45) is 0. The molecule has 0 atom stereocenters. The number of thiophene rings is 1. The summed E-state index contributed by atoms with van der Waals surface area (Å²) >= 11 is 1.73. The smallest absolute Gasteiger partial charge is 0.172 e. The van der Waals surface area contributed by atoms with E-state index in [9.17, 15) is 0 Å². The largest absolute Gasteiger partial charge is 0.409 e. The molecule has 2 aromatic rings. The quantitative estimate of drug-likeness (QED) is 0.384. The Bertz CT molecular complexity index is 593. The summed E-state index contributed by atoms with van der Waals surface area (Å²) < 4.78 is 0. The molecule has 0 aliphatic carbocycles. The monoisotopic (exact) mass is 289 g/mol. The van der Waals surface area contributed by atoms with Crippen LogP contribution in [0.4, 0.5) is 5.69 Å². The van der Waals surface area contributed by atoms with Gasteiger partial charge in [0.15, 0.2) is 5.84 Å². The van der Waals surface area contributed by atoms with Gasteiger partial charge in [0.2, 0.25) is 0 Å². The number of nitrogens with two attached hydrogens (primary N) is 1. The maximum absolute atomic E-state index is 8.94. The van der Waals surface area contributed by atoms with Crippen molar-refractivity contribution in [1.29, 1.82) is 0 Å². The van der Waals surface area contributed by atoms with Crippen molar-refractivity contribution in [3.8, 4) is 0 Å². The number of oxime groups is 1. The van der Waals surface area contributed by atoms with Gasteiger partial charge in [-0.1, -0.05) is 17.3 Å². The number of hydrogen-bond donors (Lipinski definition) is 2. The number of anilines is 1. The topological polar surface area (TPSA) is 61.8 Å². The molecule has 0 fully saturated rings. The van der Waals surface area contributed by atoms with Crippen LogP contribution in [0.3, 0.4) is 0 Å². The molecule has 0 saturated carbocycles. The number of benzene rings is 1. The zero-order chi connectivity index (χ0) is 14.5. The van der Waals surface area contributed by atoms with Crippen molar-refractivity contribution in [3.05, 3.63) is 51.7 Å². The van der Waals surface area contributed by atoms with E-state index >= 15 is 0 Å². The fourth-order valence-corrected chi connectivity index (χ4v) is 2.85. The summed E-state index contributed by atoms with van der Waals surface area (Å²) in [6, 6.07) is 10.1. The van der Waals surface area contributed by atoms with Gasteiger partial charge >= 0.3 is 0 Å². The molecular weight excluding hydrogens is 270 g/mol. The first-order valence-corrected chi connectivity index (χ1v) is 7.39. The van der Waals surface area contributed by atoms with Gasteiger partial charge in [0.05, 0.1) is 6.54 Å². The number of rotatable bonds is 5. The van der Waals surface area contributed by atoms with Crippen molar-refractivity contribution in [2.75, 3.05) is 11.4 Å². The molecule has 0 unspecified atom stereocenters. The number of amidine groups is 1. The third kappa shape index (κ3) is 3.11. The van der Waals surface area contributed by atoms with E-state index in [1.165, 1.54) is 4.88 Å². The minimum Gasteiger partial charge on any atom is -0.409 e. The van der Waals surface area contributed by atoms with E-state index in [1.54, 1.807) is 11.3 Å². The molecule has 1 aromatic heterocycles. The van der Waals surface area contributed by atoms with Gasteiger partial charge in [0, 0.05) is 22.7 Å². The van der Waals surface area contributed by atoms with Crippen LogP contribution in [0.1, 0.15) is 22.9 Å². The molecule has 0 amide bonds. The van der Waals surface area contributed by atoms with Crippen LogP contribution in [0, 0.1) is 6.92 Å². The Kier molecular flexibility index (Phi) is 4.63. The lowest BCUT2D eigenvalue weighted by Crippen LogP contribution is -2.26. The van der Waals surface area contributed by atoms with E-state index in [0.717, 1.165) is 29.9 Å². The zero-order valence-corrected chi connectivity index (χ0v) is 12.5. The maximum Gasteiger partial charge on any atom is 0.172 e. The molecule has 3 N–H and O–H groups in total. The van der Waals surface area contributed by atoms with Crippen LogP contribution < -0.4 is 10.6 Å². The fourth-order valence-electron chi connectivity index (χ4n) is 2.13. The summed E-state index contributed by atoms with van der Waals surface area (Å²) in [5, 5.41) is 14.1. The van der Waals surface area contributed by atoms with Crippen molar-refractivity contribution in [1.82, 2.24) is 0 Å². The molecule has 106 valence electrons. The second kappa shape index (κ2) is 6.43. The van der Waals surface area contributed by atoms with Gasteiger partial charge in [-0.25, -0.2) is 0 Å². The Morgan fingerprint density at radius 3 is 2.80 bits per heavy atom. The molecule has 0 spiro atoms. The third-order valence-electron chi connectivity index (χ3n) is 3.19. The SMILES string of the molecule is CCN(Cc1cccs1)c1cc(C)ccc1C(N)=NO. The summed E-state index contributed by atoms with van der Waals surface area (Å²) in [6.45, 7) is 5.82. The first-order chi connectivity index (χ1) is 9.65. The van der Waals surface area contributed by atoms with Crippen LogP contribution in [0.25, 0.3) is 0 Å². The normalized spacial score (nSPS) is 11.6. The van der Waals surface area contributed by atoms with Crippen molar-refractivity contribution >= 4 is 22.9 Å². The van der Waals surface area contributed by atoms with E-state index in [-0.39, 0.29) is 5.84 Å². The van der Waals surface area contributed by atoms with E-state index in [1.807, 2.05) is 19.1 Å².